The SMILES string of the molecule is COc1cc2c(cc1OC)[C@H]1c3cc(C)ccc3NC[C@@H]1CC2.Cl. The number of methoxy groups -OCH3 is 2. The van der Waals surface area contributed by atoms with Crippen molar-refractivity contribution in [1.82, 2.24) is 0 Å². The first-order chi connectivity index (χ1) is 11.2. The first kappa shape index (κ1) is 17.0. The minimum atomic E-state index is 0. The number of hydrogen-bond donors (Lipinski definition) is 1. The largest absolute Gasteiger partial charge is 0.493 e. The molecule has 0 aromatic heterocycles. The zero-order valence-electron chi connectivity index (χ0n) is 14.4. The van der Waals surface area contributed by atoms with Crippen LogP contribution >= 0.6 is 12.4 Å². The molecule has 2 aliphatic rings. The summed E-state index contributed by atoms with van der Waals surface area (Å²) in [5.74, 6) is 2.77. The van der Waals surface area contributed by atoms with Crippen molar-refractivity contribution in [2.75, 3.05) is 26.1 Å². The minimum absolute atomic E-state index is 0. The topological polar surface area (TPSA) is 30.5 Å². The summed E-state index contributed by atoms with van der Waals surface area (Å²) in [4.78, 5) is 0. The van der Waals surface area contributed by atoms with Gasteiger partial charge >= 0.3 is 0 Å². The second kappa shape index (κ2) is 6.56. The van der Waals surface area contributed by atoms with E-state index in [1.54, 1.807) is 14.2 Å². The quantitative estimate of drug-likeness (QED) is 0.865. The van der Waals surface area contributed by atoms with E-state index in [4.69, 9.17) is 9.47 Å². The minimum Gasteiger partial charge on any atom is -0.493 e. The Morgan fingerprint density at radius 2 is 1.75 bits per heavy atom. The summed E-state index contributed by atoms with van der Waals surface area (Å²) in [5, 5.41) is 3.62. The molecule has 1 aliphatic heterocycles. The van der Waals surface area contributed by atoms with Crippen LogP contribution in [0.2, 0.25) is 0 Å². The highest BCUT2D eigenvalue weighted by Crippen LogP contribution is 2.48. The van der Waals surface area contributed by atoms with Crippen molar-refractivity contribution < 1.29 is 9.47 Å². The van der Waals surface area contributed by atoms with Gasteiger partial charge in [0.25, 0.3) is 0 Å². The maximum atomic E-state index is 5.55. The molecule has 0 radical (unpaired) electrons. The summed E-state index contributed by atoms with van der Waals surface area (Å²) >= 11 is 0. The summed E-state index contributed by atoms with van der Waals surface area (Å²) in [6, 6.07) is 11.1. The number of rotatable bonds is 2. The number of nitrogens with one attached hydrogen (secondary N) is 1. The molecule has 0 spiro atoms. The Hall–Kier alpha value is -1.87. The normalized spacial score (nSPS) is 20.6. The number of halogens is 1. The molecule has 2 aromatic carbocycles. The van der Waals surface area contributed by atoms with E-state index >= 15 is 0 Å². The summed E-state index contributed by atoms with van der Waals surface area (Å²) in [7, 11) is 3.42. The number of anilines is 1. The number of aryl methyl sites for hydroxylation is 2. The zero-order chi connectivity index (χ0) is 16.0. The number of ether oxygens (including phenoxy) is 2. The standard InChI is InChI=1S/C20H23NO2.ClH/c1-12-4-7-17-16(8-12)20-14(11-21-17)6-5-13-9-18(22-2)19(23-3)10-15(13)20;/h4,7-10,14,20-21H,5-6,11H2,1-3H3;1H/t14-,20-;/m0./s1. The smallest absolute Gasteiger partial charge is 0.161 e. The van der Waals surface area contributed by atoms with Gasteiger partial charge in [0.2, 0.25) is 0 Å². The fourth-order valence-corrected chi connectivity index (χ4v) is 4.19. The van der Waals surface area contributed by atoms with Crippen LogP contribution in [0.5, 0.6) is 11.5 Å². The van der Waals surface area contributed by atoms with Gasteiger partial charge in [-0.3, -0.25) is 0 Å². The molecule has 0 unspecified atom stereocenters. The third-order valence-electron chi connectivity index (χ3n) is 5.33. The predicted octanol–water partition coefficient (Wildman–Crippen LogP) is 4.55. The predicted molar refractivity (Wildman–Crippen MR) is 100 cm³/mol. The molecule has 1 heterocycles. The molecule has 24 heavy (non-hydrogen) atoms. The average molecular weight is 346 g/mol. The van der Waals surface area contributed by atoms with Crippen molar-refractivity contribution in [1.29, 1.82) is 0 Å². The molecular formula is C20H24ClNO2. The van der Waals surface area contributed by atoms with Crippen molar-refractivity contribution in [3.63, 3.8) is 0 Å². The highest BCUT2D eigenvalue weighted by Gasteiger charge is 2.36. The lowest BCUT2D eigenvalue weighted by Gasteiger charge is -2.39. The van der Waals surface area contributed by atoms with Crippen LogP contribution in [0.1, 0.15) is 34.6 Å². The van der Waals surface area contributed by atoms with Gasteiger partial charge in [-0.25, -0.2) is 0 Å². The van der Waals surface area contributed by atoms with E-state index in [2.05, 4.69) is 42.6 Å². The molecule has 0 bridgehead atoms. The van der Waals surface area contributed by atoms with Crippen LogP contribution in [0, 0.1) is 12.8 Å². The van der Waals surface area contributed by atoms with Crippen LogP contribution in [-0.2, 0) is 6.42 Å². The Bertz CT molecular complexity index is 760. The van der Waals surface area contributed by atoms with E-state index in [0.29, 0.717) is 11.8 Å². The van der Waals surface area contributed by atoms with E-state index in [0.717, 1.165) is 24.5 Å². The highest BCUT2D eigenvalue weighted by atomic mass is 35.5. The van der Waals surface area contributed by atoms with Crippen molar-refractivity contribution >= 4 is 18.1 Å². The number of benzene rings is 2. The van der Waals surface area contributed by atoms with E-state index in [-0.39, 0.29) is 12.4 Å². The fraction of sp³-hybridized carbons (Fsp3) is 0.400. The number of hydrogen-bond acceptors (Lipinski definition) is 3. The lowest BCUT2D eigenvalue weighted by molar-refractivity contribution is 0.350. The first-order valence-corrected chi connectivity index (χ1v) is 8.30. The first-order valence-electron chi connectivity index (χ1n) is 8.30. The molecule has 0 saturated carbocycles. The van der Waals surface area contributed by atoms with Gasteiger partial charge in [0, 0.05) is 18.2 Å². The summed E-state index contributed by atoms with van der Waals surface area (Å²) in [6.45, 7) is 3.22. The molecule has 4 rings (SSSR count). The Kier molecular flexibility index (Phi) is 4.64. The third kappa shape index (κ3) is 2.61. The van der Waals surface area contributed by atoms with E-state index < -0.39 is 0 Å². The third-order valence-corrected chi connectivity index (χ3v) is 5.33. The van der Waals surface area contributed by atoms with Crippen molar-refractivity contribution in [2.45, 2.75) is 25.7 Å². The van der Waals surface area contributed by atoms with Gasteiger partial charge in [-0.1, -0.05) is 17.7 Å². The van der Waals surface area contributed by atoms with Crippen LogP contribution < -0.4 is 14.8 Å². The van der Waals surface area contributed by atoms with Gasteiger partial charge in [0.1, 0.15) is 0 Å². The fourth-order valence-electron chi connectivity index (χ4n) is 4.19. The molecule has 3 nitrogen and oxygen atoms in total. The Balaban J connectivity index is 0.00000169. The van der Waals surface area contributed by atoms with Gasteiger partial charge < -0.3 is 14.8 Å². The van der Waals surface area contributed by atoms with Crippen molar-refractivity contribution in [2.24, 2.45) is 5.92 Å². The molecule has 4 heteroatoms. The van der Waals surface area contributed by atoms with E-state index in [1.165, 1.54) is 34.4 Å². The van der Waals surface area contributed by atoms with Gasteiger partial charge in [-0.05, 0) is 60.6 Å². The van der Waals surface area contributed by atoms with Gasteiger partial charge in [-0.2, -0.15) is 0 Å². The Morgan fingerprint density at radius 1 is 1.00 bits per heavy atom. The maximum absolute atomic E-state index is 5.55. The van der Waals surface area contributed by atoms with Crippen molar-refractivity contribution in [3.05, 3.63) is 52.6 Å². The lowest BCUT2D eigenvalue weighted by atomic mass is 9.69. The summed E-state index contributed by atoms with van der Waals surface area (Å²) in [5.41, 5.74) is 6.83. The second-order valence-corrected chi connectivity index (χ2v) is 6.65. The molecule has 0 amide bonds. The van der Waals surface area contributed by atoms with Crippen LogP contribution in [0.4, 0.5) is 5.69 Å². The molecule has 0 fully saturated rings. The van der Waals surface area contributed by atoms with Gasteiger partial charge in [0.15, 0.2) is 11.5 Å². The van der Waals surface area contributed by atoms with Gasteiger partial charge in [0.05, 0.1) is 14.2 Å². The molecular weight excluding hydrogens is 322 g/mol. The molecule has 2 atom stereocenters. The number of fused-ring (bicyclic) bond motifs is 5. The maximum Gasteiger partial charge on any atom is 0.161 e. The van der Waals surface area contributed by atoms with E-state index in [9.17, 15) is 0 Å². The summed E-state index contributed by atoms with van der Waals surface area (Å²) in [6.07, 6.45) is 2.33. The molecule has 2 aromatic rings. The molecule has 1 N–H and O–H groups in total. The van der Waals surface area contributed by atoms with E-state index in [1.807, 2.05) is 0 Å². The molecule has 0 saturated heterocycles. The molecule has 1 aliphatic carbocycles. The Labute approximate surface area is 149 Å². The van der Waals surface area contributed by atoms with Gasteiger partial charge in [-0.15, -0.1) is 12.4 Å². The second-order valence-electron chi connectivity index (χ2n) is 6.65. The molecule has 128 valence electrons. The van der Waals surface area contributed by atoms with Crippen LogP contribution in [-0.4, -0.2) is 20.8 Å². The lowest BCUT2D eigenvalue weighted by Crippen LogP contribution is -2.32. The average Bonchev–Trinajstić information content (AvgIpc) is 2.59. The van der Waals surface area contributed by atoms with Crippen LogP contribution in [0.15, 0.2) is 30.3 Å². The monoisotopic (exact) mass is 345 g/mol. The Morgan fingerprint density at radius 3 is 2.50 bits per heavy atom. The summed E-state index contributed by atoms with van der Waals surface area (Å²) < 4.78 is 11.0. The van der Waals surface area contributed by atoms with Crippen LogP contribution in [0.3, 0.4) is 0 Å². The zero-order valence-corrected chi connectivity index (χ0v) is 15.2. The highest BCUT2D eigenvalue weighted by molar-refractivity contribution is 5.85. The van der Waals surface area contributed by atoms with Crippen LogP contribution in [0.25, 0.3) is 0 Å². The van der Waals surface area contributed by atoms with Crippen molar-refractivity contribution in [3.8, 4) is 11.5 Å².